The number of hydrogen-bond acceptors (Lipinski definition) is 3. The first-order chi connectivity index (χ1) is 11.4. The van der Waals surface area contributed by atoms with E-state index in [1.54, 1.807) is 0 Å². The van der Waals surface area contributed by atoms with Crippen LogP contribution in [0.1, 0.15) is 56.0 Å². The lowest BCUT2D eigenvalue weighted by Gasteiger charge is -2.23. The fourth-order valence-electron chi connectivity index (χ4n) is 2.79. The largest absolute Gasteiger partial charge is 0.352 e. The van der Waals surface area contributed by atoms with Crippen molar-refractivity contribution in [3.05, 3.63) is 35.4 Å². The van der Waals surface area contributed by atoms with E-state index < -0.39 is 0 Å². The lowest BCUT2D eigenvalue weighted by Crippen LogP contribution is -2.46. The van der Waals surface area contributed by atoms with Gasteiger partial charge < -0.3 is 16.0 Å². The van der Waals surface area contributed by atoms with Crippen LogP contribution in [-0.4, -0.2) is 37.5 Å². The molecule has 0 spiro atoms. The molecule has 5 heteroatoms. The molecule has 1 aliphatic heterocycles. The minimum atomic E-state index is -0.136. The molecule has 2 amide bonds. The van der Waals surface area contributed by atoms with E-state index in [4.69, 9.17) is 0 Å². The van der Waals surface area contributed by atoms with Crippen LogP contribution in [0.2, 0.25) is 0 Å². The van der Waals surface area contributed by atoms with Crippen LogP contribution in [0.5, 0.6) is 0 Å². The van der Waals surface area contributed by atoms with Gasteiger partial charge in [0.05, 0.1) is 0 Å². The van der Waals surface area contributed by atoms with Gasteiger partial charge in [0, 0.05) is 31.1 Å². The number of carbonyl (C=O) groups is 2. The molecule has 2 rings (SSSR count). The number of carbonyl (C=O) groups excluding carboxylic acids is 2. The summed E-state index contributed by atoms with van der Waals surface area (Å²) < 4.78 is 0. The molecule has 1 heterocycles. The summed E-state index contributed by atoms with van der Waals surface area (Å²) in [6.07, 6.45) is 2.42. The van der Waals surface area contributed by atoms with Gasteiger partial charge in [-0.05, 0) is 42.5 Å². The van der Waals surface area contributed by atoms with E-state index in [1.807, 2.05) is 24.3 Å². The van der Waals surface area contributed by atoms with Gasteiger partial charge in [0.25, 0.3) is 5.91 Å². The number of hydrogen-bond donors (Lipinski definition) is 3. The minimum Gasteiger partial charge on any atom is -0.352 e. The molecule has 0 unspecified atom stereocenters. The molecule has 0 aromatic heterocycles. The number of benzene rings is 1. The summed E-state index contributed by atoms with van der Waals surface area (Å²) >= 11 is 0. The number of amides is 2. The summed E-state index contributed by atoms with van der Waals surface area (Å²) in [6.45, 7) is 8.63. The fourth-order valence-corrected chi connectivity index (χ4v) is 2.79. The molecule has 0 saturated carbocycles. The summed E-state index contributed by atoms with van der Waals surface area (Å²) in [4.78, 5) is 24.0. The van der Waals surface area contributed by atoms with Crippen LogP contribution in [0.3, 0.4) is 0 Å². The Morgan fingerprint density at radius 3 is 2.50 bits per heavy atom. The zero-order valence-corrected chi connectivity index (χ0v) is 14.9. The standard InChI is InChI=1S/C19H29N3O2/c1-19(2,3)15-8-6-14(7-9-15)18(24)21-12-10-17(23)22-16-5-4-11-20-13-16/h6-9,16,20H,4-5,10-13H2,1-3H3,(H,21,24)(H,22,23)/t16-/m0/s1. The quantitative estimate of drug-likeness (QED) is 0.772. The molecule has 3 N–H and O–H groups in total. The average Bonchev–Trinajstić information content (AvgIpc) is 2.55. The Hall–Kier alpha value is -1.88. The molecule has 1 aromatic rings. The SMILES string of the molecule is CC(C)(C)c1ccc(C(=O)NCCC(=O)N[C@H]2CCCNC2)cc1. The predicted molar refractivity (Wildman–Crippen MR) is 96.1 cm³/mol. The van der Waals surface area contributed by atoms with Crippen molar-refractivity contribution in [1.82, 2.24) is 16.0 Å². The second kappa shape index (κ2) is 8.29. The van der Waals surface area contributed by atoms with E-state index in [0.29, 0.717) is 18.5 Å². The van der Waals surface area contributed by atoms with Crippen LogP contribution in [0, 0.1) is 0 Å². The third kappa shape index (κ3) is 5.64. The maximum absolute atomic E-state index is 12.1. The van der Waals surface area contributed by atoms with E-state index in [1.165, 1.54) is 5.56 Å². The highest BCUT2D eigenvalue weighted by Gasteiger charge is 2.16. The van der Waals surface area contributed by atoms with Gasteiger partial charge >= 0.3 is 0 Å². The predicted octanol–water partition coefficient (Wildman–Crippen LogP) is 1.97. The normalized spacial score (nSPS) is 18.0. The van der Waals surface area contributed by atoms with Crippen LogP contribution in [0.15, 0.2) is 24.3 Å². The fraction of sp³-hybridized carbons (Fsp3) is 0.579. The van der Waals surface area contributed by atoms with Gasteiger partial charge in [-0.1, -0.05) is 32.9 Å². The van der Waals surface area contributed by atoms with E-state index >= 15 is 0 Å². The number of piperidine rings is 1. The molecule has 5 nitrogen and oxygen atoms in total. The third-order valence-electron chi connectivity index (χ3n) is 4.31. The Bertz CT molecular complexity index is 555. The van der Waals surface area contributed by atoms with Gasteiger partial charge in [0.1, 0.15) is 0 Å². The third-order valence-corrected chi connectivity index (χ3v) is 4.31. The van der Waals surface area contributed by atoms with Gasteiger partial charge in [0.2, 0.25) is 5.91 Å². The van der Waals surface area contributed by atoms with Crippen molar-refractivity contribution in [3.63, 3.8) is 0 Å². The van der Waals surface area contributed by atoms with Crippen molar-refractivity contribution in [2.24, 2.45) is 0 Å². The van der Waals surface area contributed by atoms with Gasteiger partial charge in [-0.2, -0.15) is 0 Å². The first-order valence-corrected chi connectivity index (χ1v) is 8.75. The molecule has 132 valence electrons. The first kappa shape index (κ1) is 18.5. The van der Waals surface area contributed by atoms with Gasteiger partial charge in [-0.25, -0.2) is 0 Å². The molecule has 0 radical (unpaired) electrons. The summed E-state index contributed by atoms with van der Waals surface area (Å²) in [5.41, 5.74) is 1.89. The average molecular weight is 331 g/mol. The van der Waals surface area contributed by atoms with Crippen LogP contribution in [0.4, 0.5) is 0 Å². The Labute approximate surface area is 144 Å². The lowest BCUT2D eigenvalue weighted by atomic mass is 9.87. The monoisotopic (exact) mass is 331 g/mol. The van der Waals surface area contributed by atoms with Gasteiger partial charge in [-0.15, -0.1) is 0 Å². The van der Waals surface area contributed by atoms with Gasteiger partial charge in [-0.3, -0.25) is 9.59 Å². The van der Waals surface area contributed by atoms with Gasteiger partial charge in [0.15, 0.2) is 0 Å². The molecule has 1 aromatic carbocycles. The second-order valence-electron chi connectivity index (χ2n) is 7.44. The second-order valence-corrected chi connectivity index (χ2v) is 7.44. The Morgan fingerprint density at radius 2 is 1.92 bits per heavy atom. The highest BCUT2D eigenvalue weighted by atomic mass is 16.2. The van der Waals surface area contributed by atoms with E-state index in [-0.39, 0.29) is 23.3 Å². The Morgan fingerprint density at radius 1 is 1.21 bits per heavy atom. The van der Waals surface area contributed by atoms with Crippen molar-refractivity contribution in [2.45, 2.75) is 51.5 Å². The topological polar surface area (TPSA) is 70.2 Å². The van der Waals surface area contributed by atoms with E-state index in [2.05, 4.69) is 36.7 Å². The molecule has 1 saturated heterocycles. The molecular weight excluding hydrogens is 302 g/mol. The van der Waals surface area contributed by atoms with Crippen molar-refractivity contribution >= 4 is 11.8 Å². The molecule has 1 fully saturated rings. The highest BCUT2D eigenvalue weighted by molar-refractivity contribution is 5.94. The van der Waals surface area contributed by atoms with Crippen LogP contribution >= 0.6 is 0 Å². The van der Waals surface area contributed by atoms with Crippen molar-refractivity contribution in [2.75, 3.05) is 19.6 Å². The first-order valence-electron chi connectivity index (χ1n) is 8.75. The summed E-state index contributed by atoms with van der Waals surface area (Å²) in [5.74, 6) is -0.144. The Balaban J connectivity index is 1.73. The zero-order chi connectivity index (χ0) is 17.6. The number of nitrogens with one attached hydrogen (secondary N) is 3. The molecular formula is C19H29N3O2. The minimum absolute atomic E-state index is 0.00733. The molecule has 0 bridgehead atoms. The molecule has 0 aliphatic carbocycles. The maximum atomic E-state index is 12.1. The molecule has 24 heavy (non-hydrogen) atoms. The van der Waals surface area contributed by atoms with Crippen LogP contribution in [-0.2, 0) is 10.2 Å². The zero-order valence-electron chi connectivity index (χ0n) is 14.9. The summed E-state index contributed by atoms with van der Waals surface area (Å²) in [7, 11) is 0. The van der Waals surface area contributed by atoms with Crippen LogP contribution < -0.4 is 16.0 Å². The number of rotatable bonds is 5. The van der Waals surface area contributed by atoms with Crippen LogP contribution in [0.25, 0.3) is 0 Å². The van der Waals surface area contributed by atoms with E-state index in [0.717, 1.165) is 25.9 Å². The van der Waals surface area contributed by atoms with E-state index in [9.17, 15) is 9.59 Å². The molecule has 1 atom stereocenters. The highest BCUT2D eigenvalue weighted by Crippen LogP contribution is 2.22. The maximum Gasteiger partial charge on any atom is 0.251 e. The lowest BCUT2D eigenvalue weighted by molar-refractivity contribution is -0.121. The summed E-state index contributed by atoms with van der Waals surface area (Å²) in [6, 6.07) is 7.86. The van der Waals surface area contributed by atoms with Crippen molar-refractivity contribution < 1.29 is 9.59 Å². The smallest absolute Gasteiger partial charge is 0.251 e. The van der Waals surface area contributed by atoms with Crippen molar-refractivity contribution in [3.8, 4) is 0 Å². The summed E-state index contributed by atoms with van der Waals surface area (Å²) in [5, 5.41) is 9.08. The van der Waals surface area contributed by atoms with Crippen molar-refractivity contribution in [1.29, 1.82) is 0 Å². The molecule has 1 aliphatic rings. The Kier molecular flexibility index (Phi) is 6.37.